The number of aromatic nitrogens is 2. The highest BCUT2D eigenvalue weighted by Crippen LogP contribution is 2.34. The lowest BCUT2D eigenvalue weighted by Gasteiger charge is -2.29. The van der Waals surface area contributed by atoms with Gasteiger partial charge in [0.2, 0.25) is 5.92 Å². The van der Waals surface area contributed by atoms with Crippen LogP contribution in [-0.4, -0.2) is 26.9 Å². The minimum absolute atomic E-state index is 0.0169. The van der Waals surface area contributed by atoms with Crippen LogP contribution in [0.3, 0.4) is 0 Å². The molecule has 0 bridgehead atoms. The molecular formula is C12H16F2N4S. The van der Waals surface area contributed by atoms with E-state index in [0.29, 0.717) is 30.0 Å². The molecule has 19 heavy (non-hydrogen) atoms. The van der Waals surface area contributed by atoms with Gasteiger partial charge in [0, 0.05) is 18.9 Å². The summed E-state index contributed by atoms with van der Waals surface area (Å²) in [4.78, 5) is 8.62. The fraction of sp³-hybridized carbons (Fsp3) is 0.583. The number of hydrogen-bond acceptors (Lipinski definition) is 4. The van der Waals surface area contributed by atoms with Gasteiger partial charge in [-0.2, -0.15) is 0 Å². The van der Waals surface area contributed by atoms with Crippen molar-refractivity contribution in [3.63, 3.8) is 0 Å². The first-order valence-electron chi connectivity index (χ1n) is 6.15. The van der Waals surface area contributed by atoms with E-state index in [1.54, 1.807) is 6.92 Å². The predicted molar refractivity (Wildman–Crippen MR) is 73.5 cm³/mol. The standard InChI is InChI=1S/C12H16F2N4S/c1-7-11(16-6-9(17-7)10(15)19)18-8-2-4-12(13,14)5-3-8/h6,8H,2-5H2,1H3,(H2,15,19)(H,16,18). The van der Waals surface area contributed by atoms with Crippen molar-refractivity contribution in [2.24, 2.45) is 5.73 Å². The normalized spacial score (nSPS) is 19.1. The molecule has 2 rings (SSSR count). The molecule has 0 aliphatic heterocycles. The third-order valence-corrected chi connectivity index (χ3v) is 3.47. The van der Waals surface area contributed by atoms with E-state index in [0.717, 1.165) is 0 Å². The minimum atomic E-state index is -2.52. The molecule has 1 aliphatic rings. The topological polar surface area (TPSA) is 63.8 Å². The van der Waals surface area contributed by atoms with Gasteiger partial charge < -0.3 is 11.1 Å². The molecule has 0 unspecified atom stereocenters. The molecule has 1 fully saturated rings. The van der Waals surface area contributed by atoms with Crippen LogP contribution in [-0.2, 0) is 0 Å². The van der Waals surface area contributed by atoms with Crippen LogP contribution in [0.2, 0.25) is 0 Å². The van der Waals surface area contributed by atoms with Crippen LogP contribution in [0.4, 0.5) is 14.6 Å². The quantitative estimate of drug-likeness (QED) is 0.835. The highest BCUT2D eigenvalue weighted by Gasteiger charge is 2.35. The van der Waals surface area contributed by atoms with Crippen LogP contribution in [0.15, 0.2) is 6.20 Å². The van der Waals surface area contributed by atoms with Gasteiger partial charge in [0.05, 0.1) is 11.9 Å². The van der Waals surface area contributed by atoms with Gasteiger partial charge in [0.15, 0.2) is 0 Å². The van der Waals surface area contributed by atoms with Crippen LogP contribution in [0.1, 0.15) is 37.1 Å². The number of thiocarbonyl (C=S) groups is 1. The molecule has 104 valence electrons. The summed E-state index contributed by atoms with van der Waals surface area (Å²) < 4.78 is 26.1. The molecule has 0 radical (unpaired) electrons. The third kappa shape index (κ3) is 3.56. The van der Waals surface area contributed by atoms with Crippen molar-refractivity contribution in [3.8, 4) is 0 Å². The number of nitrogens with one attached hydrogen (secondary N) is 1. The van der Waals surface area contributed by atoms with Crippen LogP contribution >= 0.6 is 12.2 Å². The Hall–Kier alpha value is -1.37. The first-order valence-corrected chi connectivity index (χ1v) is 6.56. The van der Waals surface area contributed by atoms with Crippen LogP contribution < -0.4 is 11.1 Å². The molecule has 0 saturated heterocycles. The first kappa shape index (κ1) is 14.0. The fourth-order valence-electron chi connectivity index (χ4n) is 2.12. The Kier molecular flexibility index (Phi) is 3.93. The SMILES string of the molecule is Cc1nc(C(N)=S)cnc1NC1CCC(F)(F)CC1. The fourth-order valence-corrected chi connectivity index (χ4v) is 2.22. The molecule has 1 aliphatic carbocycles. The van der Waals surface area contributed by atoms with E-state index in [1.807, 2.05) is 0 Å². The van der Waals surface area contributed by atoms with Crippen LogP contribution in [0, 0.1) is 6.92 Å². The summed E-state index contributed by atoms with van der Waals surface area (Å²) in [6, 6.07) is 0.0169. The van der Waals surface area contributed by atoms with Crippen molar-refractivity contribution in [1.82, 2.24) is 9.97 Å². The molecule has 0 spiro atoms. The highest BCUT2D eigenvalue weighted by molar-refractivity contribution is 7.80. The third-order valence-electron chi connectivity index (χ3n) is 3.26. The second-order valence-corrected chi connectivity index (χ2v) is 5.27. The van der Waals surface area contributed by atoms with Crippen molar-refractivity contribution < 1.29 is 8.78 Å². The Morgan fingerprint density at radius 1 is 1.47 bits per heavy atom. The minimum Gasteiger partial charge on any atom is -0.388 e. The largest absolute Gasteiger partial charge is 0.388 e. The first-order chi connectivity index (χ1) is 8.87. The van der Waals surface area contributed by atoms with Crippen molar-refractivity contribution in [3.05, 3.63) is 17.6 Å². The molecule has 1 heterocycles. The molecule has 1 saturated carbocycles. The molecular weight excluding hydrogens is 270 g/mol. The van der Waals surface area contributed by atoms with Crippen LogP contribution in [0.25, 0.3) is 0 Å². The van der Waals surface area contributed by atoms with E-state index in [9.17, 15) is 8.78 Å². The summed E-state index contributed by atoms with van der Waals surface area (Å²) in [5.41, 5.74) is 6.61. The van der Waals surface area contributed by atoms with Gasteiger partial charge in [0.25, 0.3) is 0 Å². The Bertz CT molecular complexity index is 483. The lowest BCUT2D eigenvalue weighted by atomic mass is 9.92. The zero-order chi connectivity index (χ0) is 14.0. The predicted octanol–water partition coefficient (Wildman–Crippen LogP) is 2.41. The Morgan fingerprint density at radius 2 is 2.11 bits per heavy atom. The molecule has 0 atom stereocenters. The van der Waals surface area contributed by atoms with E-state index >= 15 is 0 Å². The van der Waals surface area contributed by atoms with Gasteiger partial charge in [-0.15, -0.1) is 0 Å². The maximum absolute atomic E-state index is 13.1. The number of nitrogens with zero attached hydrogens (tertiary/aromatic N) is 2. The lowest BCUT2D eigenvalue weighted by molar-refractivity contribution is -0.0361. The van der Waals surface area contributed by atoms with E-state index in [4.69, 9.17) is 18.0 Å². The number of nitrogens with two attached hydrogens (primary N) is 1. The summed E-state index contributed by atoms with van der Waals surface area (Å²) in [5, 5.41) is 3.16. The lowest BCUT2D eigenvalue weighted by Crippen LogP contribution is -2.32. The molecule has 1 aromatic rings. The smallest absolute Gasteiger partial charge is 0.248 e. The molecule has 0 aromatic carbocycles. The number of halogens is 2. The number of rotatable bonds is 3. The molecule has 0 amide bonds. The van der Waals surface area contributed by atoms with Gasteiger partial charge in [0.1, 0.15) is 16.5 Å². The van der Waals surface area contributed by atoms with Crippen molar-refractivity contribution in [2.45, 2.75) is 44.6 Å². The summed E-state index contributed by atoms with van der Waals surface area (Å²) >= 11 is 4.82. The van der Waals surface area contributed by atoms with E-state index in [-0.39, 0.29) is 23.9 Å². The van der Waals surface area contributed by atoms with E-state index in [2.05, 4.69) is 15.3 Å². The Labute approximate surface area is 115 Å². The Morgan fingerprint density at radius 3 is 2.63 bits per heavy atom. The molecule has 1 aromatic heterocycles. The summed E-state index contributed by atoms with van der Waals surface area (Å²) in [6.07, 6.45) is 2.20. The van der Waals surface area contributed by atoms with Crippen LogP contribution in [0.5, 0.6) is 0 Å². The number of hydrogen-bond donors (Lipinski definition) is 2. The molecule has 3 N–H and O–H groups in total. The van der Waals surface area contributed by atoms with Gasteiger partial charge in [-0.1, -0.05) is 12.2 Å². The number of aryl methyl sites for hydroxylation is 1. The monoisotopic (exact) mass is 286 g/mol. The maximum Gasteiger partial charge on any atom is 0.248 e. The van der Waals surface area contributed by atoms with Crippen molar-refractivity contribution >= 4 is 23.0 Å². The molecule has 4 nitrogen and oxygen atoms in total. The van der Waals surface area contributed by atoms with E-state index < -0.39 is 5.92 Å². The van der Waals surface area contributed by atoms with Gasteiger partial charge in [-0.05, 0) is 19.8 Å². The highest BCUT2D eigenvalue weighted by atomic mass is 32.1. The van der Waals surface area contributed by atoms with Gasteiger partial charge in [-0.3, -0.25) is 0 Å². The number of anilines is 1. The zero-order valence-electron chi connectivity index (χ0n) is 10.6. The second kappa shape index (κ2) is 5.32. The number of alkyl halides is 2. The second-order valence-electron chi connectivity index (χ2n) is 4.83. The van der Waals surface area contributed by atoms with Crippen molar-refractivity contribution in [1.29, 1.82) is 0 Å². The van der Waals surface area contributed by atoms with E-state index in [1.165, 1.54) is 6.20 Å². The average molecular weight is 286 g/mol. The van der Waals surface area contributed by atoms with Gasteiger partial charge in [-0.25, -0.2) is 18.7 Å². The van der Waals surface area contributed by atoms with Gasteiger partial charge >= 0.3 is 0 Å². The summed E-state index contributed by atoms with van der Waals surface area (Å²) in [7, 11) is 0. The Balaban J connectivity index is 2.02. The summed E-state index contributed by atoms with van der Waals surface area (Å²) in [6.45, 7) is 1.79. The zero-order valence-corrected chi connectivity index (χ0v) is 11.4. The summed E-state index contributed by atoms with van der Waals surface area (Å²) in [5.74, 6) is -1.91. The van der Waals surface area contributed by atoms with Crippen molar-refractivity contribution in [2.75, 3.05) is 5.32 Å². The average Bonchev–Trinajstić information content (AvgIpc) is 2.34. The maximum atomic E-state index is 13.1. The molecule has 7 heteroatoms.